The Bertz CT molecular complexity index is 674. The molecule has 134 valence electrons. The minimum atomic E-state index is -0.111. The van der Waals surface area contributed by atoms with Crippen molar-refractivity contribution in [1.29, 1.82) is 0 Å². The molecule has 0 aliphatic carbocycles. The van der Waals surface area contributed by atoms with Gasteiger partial charge in [0.1, 0.15) is 0 Å². The number of para-hydroxylation sites is 1. The van der Waals surface area contributed by atoms with Gasteiger partial charge in [0.15, 0.2) is 0 Å². The molecule has 0 aromatic heterocycles. The van der Waals surface area contributed by atoms with Crippen LogP contribution in [-0.2, 0) is 4.79 Å². The topological polar surface area (TPSA) is 32.3 Å². The summed E-state index contributed by atoms with van der Waals surface area (Å²) in [7, 11) is 4.16. The number of hydrogen-bond donors (Lipinski definition) is 1. The highest BCUT2D eigenvalue weighted by atomic mass is 35.5. The molecule has 0 aliphatic rings. The van der Waals surface area contributed by atoms with Crippen molar-refractivity contribution >= 4 is 29.4 Å². The van der Waals surface area contributed by atoms with Crippen molar-refractivity contribution in [3.05, 3.63) is 66.2 Å². The van der Waals surface area contributed by atoms with Crippen molar-refractivity contribution in [2.45, 2.75) is 11.3 Å². The first kappa shape index (κ1) is 21.3. The molecule has 0 aliphatic heterocycles. The Morgan fingerprint density at radius 3 is 2.48 bits per heavy atom. The third-order valence-corrected chi connectivity index (χ3v) is 4.54. The Hall–Kier alpha value is -1.75. The highest BCUT2D eigenvalue weighted by molar-refractivity contribution is 7.99. The lowest BCUT2D eigenvalue weighted by molar-refractivity contribution is -0.111. The Labute approximate surface area is 160 Å². The summed E-state index contributed by atoms with van der Waals surface area (Å²) in [5.41, 5.74) is 1.88. The van der Waals surface area contributed by atoms with Crippen molar-refractivity contribution in [2.24, 2.45) is 0 Å². The van der Waals surface area contributed by atoms with Crippen LogP contribution in [0.25, 0.3) is 6.08 Å². The van der Waals surface area contributed by atoms with Crippen LogP contribution in [0.3, 0.4) is 0 Å². The fourth-order valence-electron chi connectivity index (χ4n) is 2.17. The molecular formula is C20H24ClN2OS-. The SMILES string of the molecule is CN(C)CCCSc1ccccc1NC(=O)C=Cc1ccccc1.[Cl-]. The number of anilines is 1. The monoisotopic (exact) mass is 375 g/mol. The number of rotatable bonds is 8. The van der Waals surface area contributed by atoms with Crippen molar-refractivity contribution in [1.82, 2.24) is 4.90 Å². The normalized spacial score (nSPS) is 10.7. The summed E-state index contributed by atoms with van der Waals surface area (Å²) in [5, 5.41) is 2.97. The molecule has 0 heterocycles. The molecule has 1 N–H and O–H groups in total. The molecule has 1 amide bonds. The molecule has 0 unspecified atom stereocenters. The van der Waals surface area contributed by atoms with Crippen LogP contribution in [0, 0.1) is 0 Å². The van der Waals surface area contributed by atoms with Gasteiger partial charge in [-0.3, -0.25) is 4.79 Å². The quantitative estimate of drug-likeness (QED) is 0.430. The van der Waals surface area contributed by atoms with E-state index >= 15 is 0 Å². The number of halogens is 1. The fraction of sp³-hybridized carbons (Fsp3) is 0.250. The van der Waals surface area contributed by atoms with Crippen molar-refractivity contribution < 1.29 is 17.2 Å². The Morgan fingerprint density at radius 2 is 1.76 bits per heavy atom. The van der Waals surface area contributed by atoms with Crippen molar-refractivity contribution in [3.8, 4) is 0 Å². The number of carbonyl (C=O) groups excluding carboxylic acids is 1. The highest BCUT2D eigenvalue weighted by Gasteiger charge is 2.05. The minimum Gasteiger partial charge on any atom is -1.00 e. The van der Waals surface area contributed by atoms with Gasteiger partial charge in [0.2, 0.25) is 5.91 Å². The van der Waals surface area contributed by atoms with E-state index in [2.05, 4.69) is 30.4 Å². The molecule has 2 rings (SSSR count). The molecule has 5 heteroatoms. The van der Waals surface area contributed by atoms with E-state index in [1.165, 1.54) is 0 Å². The second-order valence-corrected chi connectivity index (χ2v) is 6.87. The second-order valence-electron chi connectivity index (χ2n) is 5.73. The summed E-state index contributed by atoms with van der Waals surface area (Å²) in [5.74, 6) is 0.922. The molecule has 2 aromatic rings. The van der Waals surface area contributed by atoms with Gasteiger partial charge in [-0.15, -0.1) is 11.8 Å². The summed E-state index contributed by atoms with van der Waals surface area (Å²) < 4.78 is 0. The maximum atomic E-state index is 12.1. The minimum absolute atomic E-state index is 0. The van der Waals surface area contributed by atoms with Crippen LogP contribution in [0.5, 0.6) is 0 Å². The zero-order valence-corrected chi connectivity index (χ0v) is 16.2. The Balaban J connectivity index is 0.00000312. The average molecular weight is 376 g/mol. The Morgan fingerprint density at radius 1 is 1.08 bits per heavy atom. The number of hydrogen-bond acceptors (Lipinski definition) is 3. The van der Waals surface area contributed by atoms with Crippen LogP contribution >= 0.6 is 11.8 Å². The van der Waals surface area contributed by atoms with Gasteiger partial charge in [0.25, 0.3) is 0 Å². The van der Waals surface area contributed by atoms with Gasteiger partial charge < -0.3 is 22.6 Å². The van der Waals surface area contributed by atoms with E-state index in [9.17, 15) is 4.79 Å². The van der Waals surface area contributed by atoms with Gasteiger partial charge in [0.05, 0.1) is 5.69 Å². The zero-order chi connectivity index (χ0) is 17.2. The lowest BCUT2D eigenvalue weighted by Crippen LogP contribution is -3.00. The molecule has 25 heavy (non-hydrogen) atoms. The van der Waals surface area contributed by atoms with Crippen LogP contribution < -0.4 is 17.7 Å². The van der Waals surface area contributed by atoms with E-state index in [0.717, 1.165) is 34.9 Å². The van der Waals surface area contributed by atoms with Crippen LogP contribution in [0.15, 0.2) is 65.6 Å². The van der Waals surface area contributed by atoms with Crippen molar-refractivity contribution in [3.63, 3.8) is 0 Å². The molecule has 0 saturated heterocycles. The number of benzene rings is 2. The van der Waals surface area contributed by atoms with Crippen molar-refractivity contribution in [2.75, 3.05) is 31.7 Å². The van der Waals surface area contributed by atoms with Gasteiger partial charge in [-0.1, -0.05) is 42.5 Å². The number of nitrogens with one attached hydrogen (secondary N) is 1. The van der Waals surface area contributed by atoms with Gasteiger partial charge in [0, 0.05) is 11.0 Å². The number of amides is 1. The summed E-state index contributed by atoms with van der Waals surface area (Å²) in [4.78, 5) is 15.4. The number of carbonyl (C=O) groups is 1. The molecule has 0 radical (unpaired) electrons. The molecule has 0 spiro atoms. The molecule has 2 aromatic carbocycles. The first-order valence-electron chi connectivity index (χ1n) is 8.06. The van der Waals surface area contributed by atoms with Gasteiger partial charge >= 0.3 is 0 Å². The predicted octanol–water partition coefficient (Wildman–Crippen LogP) is 1.39. The van der Waals surface area contributed by atoms with Crippen LogP contribution in [0.1, 0.15) is 12.0 Å². The highest BCUT2D eigenvalue weighted by Crippen LogP contribution is 2.27. The van der Waals surface area contributed by atoms with Gasteiger partial charge in [-0.2, -0.15) is 0 Å². The zero-order valence-electron chi connectivity index (χ0n) is 14.6. The first-order chi connectivity index (χ1) is 11.6. The van der Waals surface area contributed by atoms with E-state index in [0.29, 0.717) is 0 Å². The van der Waals surface area contributed by atoms with E-state index in [4.69, 9.17) is 0 Å². The molecular weight excluding hydrogens is 352 g/mol. The largest absolute Gasteiger partial charge is 1.00 e. The van der Waals surface area contributed by atoms with Crippen LogP contribution in [-0.4, -0.2) is 37.2 Å². The lowest BCUT2D eigenvalue weighted by atomic mass is 10.2. The molecule has 0 atom stereocenters. The fourth-order valence-corrected chi connectivity index (χ4v) is 3.11. The van der Waals surface area contributed by atoms with E-state index in [1.54, 1.807) is 17.8 Å². The van der Waals surface area contributed by atoms with E-state index in [-0.39, 0.29) is 18.3 Å². The molecule has 0 saturated carbocycles. The summed E-state index contributed by atoms with van der Waals surface area (Å²) in [6.45, 7) is 1.07. The second kappa shape index (κ2) is 11.7. The van der Waals surface area contributed by atoms with Crippen LogP contribution in [0.2, 0.25) is 0 Å². The maximum absolute atomic E-state index is 12.1. The lowest BCUT2D eigenvalue weighted by Gasteiger charge is -2.11. The van der Waals surface area contributed by atoms with Gasteiger partial charge in [-0.25, -0.2) is 0 Å². The first-order valence-corrected chi connectivity index (χ1v) is 9.04. The summed E-state index contributed by atoms with van der Waals surface area (Å²) >= 11 is 1.78. The smallest absolute Gasteiger partial charge is 0.248 e. The van der Waals surface area contributed by atoms with E-state index in [1.807, 2.05) is 54.6 Å². The van der Waals surface area contributed by atoms with E-state index < -0.39 is 0 Å². The third-order valence-electron chi connectivity index (χ3n) is 3.38. The molecule has 0 bridgehead atoms. The van der Waals surface area contributed by atoms with Crippen LogP contribution in [0.4, 0.5) is 5.69 Å². The summed E-state index contributed by atoms with van der Waals surface area (Å²) in [6.07, 6.45) is 4.51. The standard InChI is InChI=1S/C20H24N2OS.ClH/c1-22(2)15-8-16-24-19-12-7-6-11-18(19)21-20(23)14-13-17-9-4-3-5-10-17;/h3-7,9-14H,8,15-16H2,1-2H3,(H,21,23);1H/p-1. The predicted molar refractivity (Wildman–Crippen MR) is 104 cm³/mol. The molecule has 3 nitrogen and oxygen atoms in total. The molecule has 0 fully saturated rings. The summed E-state index contributed by atoms with van der Waals surface area (Å²) in [6, 6.07) is 17.8. The Kier molecular flexibility index (Phi) is 10.0. The maximum Gasteiger partial charge on any atom is 0.248 e. The average Bonchev–Trinajstić information content (AvgIpc) is 2.59. The third kappa shape index (κ3) is 8.25. The number of nitrogens with zero attached hydrogens (tertiary/aromatic N) is 1. The van der Waals surface area contributed by atoms with Gasteiger partial charge in [-0.05, 0) is 56.6 Å². The number of thioether (sulfide) groups is 1.